The van der Waals surface area contributed by atoms with Crippen LogP contribution in [0.3, 0.4) is 0 Å². The van der Waals surface area contributed by atoms with Gasteiger partial charge in [0, 0.05) is 24.1 Å². The summed E-state index contributed by atoms with van der Waals surface area (Å²) in [6.45, 7) is 4.92. The fraction of sp³-hybridized carbons (Fsp3) is 0.217. The van der Waals surface area contributed by atoms with Crippen LogP contribution in [0, 0.1) is 13.8 Å². The van der Waals surface area contributed by atoms with Crippen molar-refractivity contribution < 1.29 is 4.79 Å². The van der Waals surface area contributed by atoms with Gasteiger partial charge in [-0.1, -0.05) is 24.3 Å². The maximum absolute atomic E-state index is 13.1. The molecule has 1 amide bonds. The van der Waals surface area contributed by atoms with Gasteiger partial charge in [0.2, 0.25) is 0 Å². The van der Waals surface area contributed by atoms with Crippen LogP contribution in [0.2, 0.25) is 0 Å². The Morgan fingerprint density at radius 3 is 2.70 bits per heavy atom. The van der Waals surface area contributed by atoms with E-state index in [1.165, 1.54) is 16.7 Å². The van der Waals surface area contributed by atoms with E-state index >= 15 is 0 Å². The number of hydrogen-bond donors (Lipinski definition) is 1. The zero-order valence-electron chi connectivity index (χ0n) is 15.7. The minimum Gasteiger partial charge on any atom is -0.354 e. The van der Waals surface area contributed by atoms with Gasteiger partial charge in [0.15, 0.2) is 0 Å². The maximum atomic E-state index is 13.1. The Balaban J connectivity index is 1.59. The summed E-state index contributed by atoms with van der Waals surface area (Å²) in [5, 5.41) is 3.36. The molecular formula is C23H23N3O. The highest BCUT2D eigenvalue weighted by Crippen LogP contribution is 2.28. The first-order chi connectivity index (χ1) is 13.1. The molecule has 0 atom stereocenters. The van der Waals surface area contributed by atoms with E-state index in [0.29, 0.717) is 5.56 Å². The Hall–Kier alpha value is -3.14. The molecule has 4 rings (SSSR count). The first-order valence-corrected chi connectivity index (χ1v) is 9.31. The van der Waals surface area contributed by atoms with E-state index in [2.05, 4.69) is 42.3 Å². The lowest BCUT2D eigenvalue weighted by atomic mass is 10.0. The zero-order valence-corrected chi connectivity index (χ0v) is 15.7. The van der Waals surface area contributed by atoms with Crippen LogP contribution in [0.25, 0.3) is 0 Å². The number of hydrogen-bond acceptors (Lipinski definition) is 3. The molecule has 4 heteroatoms. The number of aromatic nitrogens is 1. The SMILES string of the molecule is Cc1ccc(Nc2cncc(C(=O)N3CCCc4ccccc43)c2)cc1C. The van der Waals surface area contributed by atoms with E-state index < -0.39 is 0 Å². The normalized spacial score (nSPS) is 13.2. The molecule has 0 saturated carbocycles. The maximum Gasteiger partial charge on any atom is 0.259 e. The first-order valence-electron chi connectivity index (χ1n) is 9.31. The fourth-order valence-electron chi connectivity index (χ4n) is 3.51. The van der Waals surface area contributed by atoms with Crippen molar-refractivity contribution in [2.75, 3.05) is 16.8 Å². The molecule has 2 aromatic carbocycles. The van der Waals surface area contributed by atoms with E-state index in [-0.39, 0.29) is 5.91 Å². The van der Waals surface area contributed by atoms with Crippen LogP contribution in [-0.4, -0.2) is 17.4 Å². The Morgan fingerprint density at radius 1 is 1.00 bits per heavy atom. The fourth-order valence-corrected chi connectivity index (χ4v) is 3.51. The van der Waals surface area contributed by atoms with E-state index in [0.717, 1.165) is 36.4 Å². The number of pyridine rings is 1. The highest BCUT2D eigenvalue weighted by molar-refractivity contribution is 6.07. The minimum absolute atomic E-state index is 0.00149. The van der Waals surface area contributed by atoms with Gasteiger partial charge in [-0.05, 0) is 67.6 Å². The molecule has 27 heavy (non-hydrogen) atoms. The summed E-state index contributed by atoms with van der Waals surface area (Å²) in [6, 6.07) is 16.2. The van der Waals surface area contributed by atoms with Crippen LogP contribution in [-0.2, 0) is 6.42 Å². The molecule has 2 heterocycles. The van der Waals surface area contributed by atoms with Gasteiger partial charge in [-0.2, -0.15) is 0 Å². The van der Waals surface area contributed by atoms with Gasteiger partial charge in [-0.15, -0.1) is 0 Å². The second kappa shape index (κ2) is 7.23. The third kappa shape index (κ3) is 3.56. The summed E-state index contributed by atoms with van der Waals surface area (Å²) < 4.78 is 0. The molecule has 4 nitrogen and oxygen atoms in total. The smallest absolute Gasteiger partial charge is 0.259 e. The summed E-state index contributed by atoms with van der Waals surface area (Å²) in [5.41, 5.74) is 7.13. The van der Waals surface area contributed by atoms with Crippen LogP contribution in [0.15, 0.2) is 60.9 Å². The number of carbonyl (C=O) groups excluding carboxylic acids is 1. The molecule has 0 spiro atoms. The molecule has 0 bridgehead atoms. The third-order valence-electron chi connectivity index (χ3n) is 5.14. The van der Waals surface area contributed by atoms with Crippen LogP contribution in [0.5, 0.6) is 0 Å². The molecule has 1 aliphatic heterocycles. The predicted octanol–water partition coefficient (Wildman–Crippen LogP) is 5.04. The van der Waals surface area contributed by atoms with Crippen LogP contribution in [0.4, 0.5) is 17.1 Å². The molecule has 1 aromatic heterocycles. The predicted molar refractivity (Wildman–Crippen MR) is 110 cm³/mol. The lowest BCUT2D eigenvalue weighted by Gasteiger charge is -2.29. The highest BCUT2D eigenvalue weighted by atomic mass is 16.2. The summed E-state index contributed by atoms with van der Waals surface area (Å²) in [6.07, 6.45) is 5.39. The summed E-state index contributed by atoms with van der Waals surface area (Å²) >= 11 is 0. The number of anilines is 3. The average Bonchev–Trinajstić information content (AvgIpc) is 2.70. The van der Waals surface area contributed by atoms with Gasteiger partial charge in [0.1, 0.15) is 0 Å². The lowest BCUT2D eigenvalue weighted by Crippen LogP contribution is -2.35. The lowest BCUT2D eigenvalue weighted by molar-refractivity contribution is 0.0985. The standard InChI is InChI=1S/C23H23N3O/c1-16-9-10-20(12-17(16)2)25-21-13-19(14-24-15-21)23(27)26-11-5-7-18-6-3-4-8-22(18)26/h3-4,6,8-10,12-15,25H,5,7,11H2,1-2H3. The van der Waals surface area contributed by atoms with Crippen molar-refractivity contribution in [1.82, 2.24) is 4.98 Å². The van der Waals surface area contributed by atoms with Gasteiger partial charge >= 0.3 is 0 Å². The molecule has 3 aromatic rings. The largest absolute Gasteiger partial charge is 0.354 e. The number of nitrogens with one attached hydrogen (secondary N) is 1. The number of para-hydroxylation sites is 1. The zero-order chi connectivity index (χ0) is 18.8. The summed E-state index contributed by atoms with van der Waals surface area (Å²) in [7, 11) is 0. The van der Waals surface area contributed by atoms with Crippen molar-refractivity contribution in [1.29, 1.82) is 0 Å². The number of nitrogens with zero attached hydrogens (tertiary/aromatic N) is 2. The van der Waals surface area contributed by atoms with Gasteiger partial charge in [0.25, 0.3) is 5.91 Å². The molecule has 0 unspecified atom stereocenters. The van der Waals surface area contributed by atoms with Crippen molar-refractivity contribution in [3.8, 4) is 0 Å². The second-order valence-electron chi connectivity index (χ2n) is 7.08. The molecule has 0 fully saturated rings. The van der Waals surface area contributed by atoms with Crippen molar-refractivity contribution in [3.05, 3.63) is 83.2 Å². The topological polar surface area (TPSA) is 45.2 Å². The van der Waals surface area contributed by atoms with Crippen LogP contribution < -0.4 is 10.2 Å². The molecule has 0 radical (unpaired) electrons. The Kier molecular flexibility index (Phi) is 4.63. The van der Waals surface area contributed by atoms with Gasteiger partial charge < -0.3 is 10.2 Å². The number of benzene rings is 2. The van der Waals surface area contributed by atoms with E-state index in [4.69, 9.17) is 0 Å². The van der Waals surface area contributed by atoms with Gasteiger partial charge in [-0.3, -0.25) is 9.78 Å². The monoisotopic (exact) mass is 357 g/mol. The van der Waals surface area contributed by atoms with E-state index in [1.54, 1.807) is 12.4 Å². The molecule has 0 aliphatic carbocycles. The Bertz CT molecular complexity index is 996. The van der Waals surface area contributed by atoms with Crippen molar-refractivity contribution in [3.63, 3.8) is 0 Å². The van der Waals surface area contributed by atoms with E-state index in [9.17, 15) is 4.79 Å². The summed E-state index contributed by atoms with van der Waals surface area (Å²) in [4.78, 5) is 19.3. The van der Waals surface area contributed by atoms with Crippen molar-refractivity contribution >= 4 is 23.0 Å². The highest BCUT2D eigenvalue weighted by Gasteiger charge is 2.23. The van der Waals surface area contributed by atoms with Crippen LogP contribution in [0.1, 0.15) is 33.5 Å². The first kappa shape index (κ1) is 17.3. The average molecular weight is 357 g/mol. The molecular weight excluding hydrogens is 334 g/mol. The molecule has 1 N–H and O–H groups in total. The number of aryl methyl sites for hydroxylation is 3. The minimum atomic E-state index is -0.00149. The number of amides is 1. The van der Waals surface area contributed by atoms with E-state index in [1.807, 2.05) is 35.2 Å². The Morgan fingerprint density at radius 2 is 1.85 bits per heavy atom. The quantitative estimate of drug-likeness (QED) is 0.715. The third-order valence-corrected chi connectivity index (χ3v) is 5.14. The van der Waals surface area contributed by atoms with Crippen molar-refractivity contribution in [2.24, 2.45) is 0 Å². The Labute approximate surface area is 159 Å². The van der Waals surface area contributed by atoms with Gasteiger partial charge in [-0.25, -0.2) is 0 Å². The van der Waals surface area contributed by atoms with Crippen LogP contribution >= 0.6 is 0 Å². The molecule has 136 valence electrons. The second-order valence-corrected chi connectivity index (χ2v) is 7.08. The summed E-state index contributed by atoms with van der Waals surface area (Å²) in [5.74, 6) is -0.00149. The molecule has 0 saturated heterocycles. The van der Waals surface area contributed by atoms with Crippen molar-refractivity contribution in [2.45, 2.75) is 26.7 Å². The number of fused-ring (bicyclic) bond motifs is 1. The number of carbonyl (C=O) groups is 1. The van der Waals surface area contributed by atoms with Gasteiger partial charge in [0.05, 0.1) is 17.4 Å². The number of rotatable bonds is 3. The molecule has 1 aliphatic rings.